The molecule has 0 spiro atoms. The van der Waals surface area contributed by atoms with Crippen molar-refractivity contribution >= 4 is 12.2 Å². The molecule has 238 valence electrons. The van der Waals surface area contributed by atoms with Crippen molar-refractivity contribution in [1.82, 2.24) is 20.9 Å². The zero-order valence-corrected chi connectivity index (χ0v) is 25.4. The second-order valence-corrected chi connectivity index (χ2v) is 11.5. The number of benzene rings is 2. The lowest BCUT2D eigenvalue weighted by Crippen LogP contribution is -2.52. The van der Waals surface area contributed by atoms with Crippen molar-refractivity contribution in [3.63, 3.8) is 0 Å². The van der Waals surface area contributed by atoms with Crippen LogP contribution in [0.15, 0.2) is 85.2 Å². The fourth-order valence-electron chi connectivity index (χ4n) is 4.52. The molecule has 0 saturated heterocycles. The first-order valence-electron chi connectivity index (χ1n) is 14.7. The van der Waals surface area contributed by atoms with Gasteiger partial charge in [0.05, 0.1) is 30.9 Å². The Hall–Kier alpha value is -4.03. The number of amides is 2. The summed E-state index contributed by atoms with van der Waals surface area (Å²) >= 11 is 0. The number of aliphatic hydroxyl groups is 3. The topological polar surface area (TPSA) is 162 Å². The Labute approximate surface area is 258 Å². The second-order valence-electron chi connectivity index (χ2n) is 11.5. The van der Waals surface area contributed by atoms with Gasteiger partial charge in [-0.25, -0.2) is 9.59 Å². The number of alkyl carbamates (subject to hydrolysis) is 2. The highest BCUT2D eigenvalue weighted by Gasteiger charge is 2.27. The molecule has 11 heteroatoms. The van der Waals surface area contributed by atoms with Gasteiger partial charge in [-0.15, -0.1) is 0 Å². The number of hydrogen-bond donors (Lipinski definition) is 6. The third-order valence-electron chi connectivity index (χ3n) is 6.71. The number of aliphatic hydroxyl groups excluding tert-OH is 3. The molecule has 5 atom stereocenters. The third-order valence-corrected chi connectivity index (χ3v) is 6.71. The molecule has 6 N–H and O–H groups in total. The Morgan fingerprint density at radius 3 is 1.77 bits per heavy atom. The van der Waals surface area contributed by atoms with E-state index in [9.17, 15) is 24.9 Å². The van der Waals surface area contributed by atoms with Gasteiger partial charge in [-0.3, -0.25) is 4.98 Å². The van der Waals surface area contributed by atoms with Gasteiger partial charge < -0.3 is 40.7 Å². The van der Waals surface area contributed by atoms with Crippen LogP contribution in [-0.2, 0) is 22.3 Å². The number of rotatable bonds is 15. The number of carbonyl (C=O) groups is 2. The van der Waals surface area contributed by atoms with Crippen molar-refractivity contribution < 1.29 is 34.4 Å². The number of carbonyl (C=O) groups excluding carboxylic acids is 2. The maximum absolute atomic E-state index is 12.8. The van der Waals surface area contributed by atoms with Crippen molar-refractivity contribution in [2.24, 2.45) is 0 Å². The van der Waals surface area contributed by atoms with Gasteiger partial charge in [-0.1, -0.05) is 66.7 Å². The van der Waals surface area contributed by atoms with Crippen molar-refractivity contribution in [3.05, 3.63) is 102 Å². The van der Waals surface area contributed by atoms with E-state index in [0.29, 0.717) is 18.4 Å². The van der Waals surface area contributed by atoms with Gasteiger partial charge >= 0.3 is 12.2 Å². The number of nitrogens with one attached hydrogen (secondary N) is 3. The fourth-order valence-corrected chi connectivity index (χ4v) is 4.52. The molecule has 0 bridgehead atoms. The van der Waals surface area contributed by atoms with E-state index in [1.54, 1.807) is 39.1 Å². The summed E-state index contributed by atoms with van der Waals surface area (Å²) in [5.74, 6) is 0. The van der Waals surface area contributed by atoms with Crippen LogP contribution in [0.25, 0.3) is 0 Å². The summed E-state index contributed by atoms with van der Waals surface area (Å²) in [6.07, 6.45) is -0.738. The quantitative estimate of drug-likeness (QED) is 0.152. The van der Waals surface area contributed by atoms with E-state index >= 15 is 0 Å². The summed E-state index contributed by atoms with van der Waals surface area (Å²) < 4.78 is 10.8. The molecular formula is C33H44N4O7. The average molecular weight is 609 g/mol. The molecule has 2 amide bonds. The lowest BCUT2D eigenvalue weighted by atomic mass is 10.00. The number of hydrogen-bond acceptors (Lipinski definition) is 9. The van der Waals surface area contributed by atoms with Crippen molar-refractivity contribution in [2.45, 2.75) is 69.6 Å². The highest BCUT2D eigenvalue weighted by Crippen LogP contribution is 2.16. The Morgan fingerprint density at radius 1 is 0.795 bits per heavy atom. The molecule has 44 heavy (non-hydrogen) atoms. The summed E-state index contributed by atoms with van der Waals surface area (Å²) in [5.41, 5.74) is 1.63. The molecule has 1 unspecified atom stereocenters. The van der Waals surface area contributed by atoms with Crippen LogP contribution in [0.4, 0.5) is 9.59 Å². The lowest BCUT2D eigenvalue weighted by molar-refractivity contribution is 0.0409. The van der Waals surface area contributed by atoms with E-state index in [-0.39, 0.29) is 13.1 Å². The van der Waals surface area contributed by atoms with E-state index in [1.807, 2.05) is 60.7 Å². The number of pyridine rings is 1. The van der Waals surface area contributed by atoms with Gasteiger partial charge in [0.25, 0.3) is 0 Å². The first kappa shape index (κ1) is 34.5. The number of ether oxygens (including phenoxy) is 2. The Kier molecular flexibility index (Phi) is 13.6. The van der Waals surface area contributed by atoms with Gasteiger partial charge in [0.1, 0.15) is 5.60 Å². The third kappa shape index (κ3) is 12.3. The predicted octanol–water partition coefficient (Wildman–Crippen LogP) is 2.90. The van der Waals surface area contributed by atoms with Crippen LogP contribution in [-0.4, -0.2) is 82.1 Å². The van der Waals surface area contributed by atoms with Crippen molar-refractivity contribution in [1.29, 1.82) is 0 Å². The van der Waals surface area contributed by atoms with Gasteiger partial charge in [0.15, 0.2) is 6.10 Å². The Morgan fingerprint density at radius 2 is 1.32 bits per heavy atom. The minimum atomic E-state index is -1.08. The number of aromatic nitrogens is 1. The standard InChI is InChI=1S/C33H44N4O7/c1-33(2,3)44-32(42)37-27(18-24-13-8-5-9-14-24)29(40)21-35-20-28(39)26(17-23-11-6-4-7-12-23)36-31(41)43-30(22-38)25-15-10-16-34-19-25/h4-16,19,26-30,35,38-40H,17-18,20-22H2,1-3H3,(H,36,41)(H,37,42)/t26-,27-,28+,29+,30?/m0/s1. The monoisotopic (exact) mass is 608 g/mol. The molecule has 0 aliphatic carbocycles. The Bertz CT molecular complexity index is 1260. The highest BCUT2D eigenvalue weighted by atomic mass is 16.6. The van der Waals surface area contributed by atoms with E-state index in [2.05, 4.69) is 20.9 Å². The molecule has 3 aromatic rings. The van der Waals surface area contributed by atoms with E-state index in [0.717, 1.165) is 11.1 Å². The smallest absolute Gasteiger partial charge is 0.408 e. The van der Waals surface area contributed by atoms with Crippen LogP contribution >= 0.6 is 0 Å². The summed E-state index contributed by atoms with van der Waals surface area (Å²) in [6.45, 7) is 4.90. The van der Waals surface area contributed by atoms with Crippen LogP contribution in [0.5, 0.6) is 0 Å². The fraction of sp³-hybridized carbons (Fsp3) is 0.424. The minimum Gasteiger partial charge on any atom is -0.444 e. The van der Waals surface area contributed by atoms with Crippen LogP contribution in [0.3, 0.4) is 0 Å². The molecular weight excluding hydrogens is 564 g/mol. The molecule has 11 nitrogen and oxygen atoms in total. The minimum absolute atomic E-state index is 0.0192. The van der Waals surface area contributed by atoms with Gasteiger partial charge in [0, 0.05) is 31.0 Å². The number of nitrogens with zero attached hydrogens (tertiary/aromatic N) is 1. The van der Waals surface area contributed by atoms with Crippen molar-refractivity contribution in [2.75, 3.05) is 19.7 Å². The Balaban J connectivity index is 1.63. The van der Waals surface area contributed by atoms with Crippen LogP contribution < -0.4 is 16.0 Å². The first-order chi connectivity index (χ1) is 21.0. The normalized spacial score (nSPS) is 14.9. The predicted molar refractivity (Wildman–Crippen MR) is 166 cm³/mol. The van der Waals surface area contributed by atoms with Crippen LogP contribution in [0.2, 0.25) is 0 Å². The van der Waals surface area contributed by atoms with E-state index in [1.165, 1.54) is 6.20 Å². The van der Waals surface area contributed by atoms with Gasteiger partial charge in [0.2, 0.25) is 0 Å². The molecule has 1 aromatic heterocycles. The average Bonchev–Trinajstić information content (AvgIpc) is 2.99. The van der Waals surface area contributed by atoms with E-state index in [4.69, 9.17) is 9.47 Å². The maximum Gasteiger partial charge on any atom is 0.408 e. The molecule has 2 aromatic carbocycles. The largest absolute Gasteiger partial charge is 0.444 e. The first-order valence-corrected chi connectivity index (χ1v) is 14.7. The maximum atomic E-state index is 12.8. The summed E-state index contributed by atoms with van der Waals surface area (Å²) in [4.78, 5) is 29.4. The summed E-state index contributed by atoms with van der Waals surface area (Å²) in [5, 5.41) is 40.5. The second kappa shape index (κ2) is 17.3. The van der Waals surface area contributed by atoms with Crippen LogP contribution in [0, 0.1) is 0 Å². The van der Waals surface area contributed by atoms with Gasteiger partial charge in [-0.2, -0.15) is 0 Å². The molecule has 0 fully saturated rings. The lowest BCUT2D eigenvalue weighted by Gasteiger charge is -2.28. The molecule has 0 saturated carbocycles. The van der Waals surface area contributed by atoms with E-state index < -0.39 is 54.8 Å². The SMILES string of the molecule is CC(C)(C)OC(=O)N[C@@H](Cc1ccccc1)[C@H](O)CNC[C@@H](O)[C@H](Cc1ccccc1)NC(=O)OC(CO)c1cccnc1. The zero-order chi connectivity index (χ0) is 32.0. The zero-order valence-electron chi connectivity index (χ0n) is 25.4. The molecule has 0 aliphatic rings. The van der Waals surface area contributed by atoms with Crippen LogP contribution in [0.1, 0.15) is 43.6 Å². The highest BCUT2D eigenvalue weighted by molar-refractivity contribution is 5.68. The molecule has 3 rings (SSSR count). The molecule has 1 heterocycles. The molecule has 0 aliphatic heterocycles. The summed E-state index contributed by atoms with van der Waals surface area (Å²) in [6, 6.07) is 20.7. The summed E-state index contributed by atoms with van der Waals surface area (Å²) in [7, 11) is 0. The van der Waals surface area contributed by atoms with Crippen molar-refractivity contribution in [3.8, 4) is 0 Å². The molecule has 0 radical (unpaired) electrons. The van der Waals surface area contributed by atoms with Gasteiger partial charge in [-0.05, 0) is 50.8 Å².